The second-order valence-corrected chi connectivity index (χ2v) is 5.33. The fourth-order valence-corrected chi connectivity index (χ4v) is 2.08. The van der Waals surface area contributed by atoms with E-state index in [2.05, 4.69) is 35.4 Å². The van der Waals surface area contributed by atoms with Crippen LogP contribution in [0, 0.1) is 13.8 Å². The number of hydrogen-bond donors (Lipinski definition) is 1. The lowest BCUT2D eigenvalue weighted by atomic mass is 10.1. The molecule has 1 aromatic carbocycles. The normalized spacial score (nSPS) is 10.3. The van der Waals surface area contributed by atoms with Gasteiger partial charge in [-0.2, -0.15) is 0 Å². The van der Waals surface area contributed by atoms with Crippen LogP contribution in [-0.2, 0) is 6.54 Å². The summed E-state index contributed by atoms with van der Waals surface area (Å²) in [6.07, 6.45) is 0.883. The molecule has 6 nitrogen and oxygen atoms in total. The number of nitrogens with zero attached hydrogens (tertiary/aromatic N) is 3. The van der Waals surface area contributed by atoms with Crippen LogP contribution in [0.5, 0.6) is 5.75 Å². The minimum Gasteiger partial charge on any atom is -0.493 e. The van der Waals surface area contributed by atoms with Crippen molar-refractivity contribution in [3.8, 4) is 5.75 Å². The summed E-state index contributed by atoms with van der Waals surface area (Å²) >= 11 is 0. The Morgan fingerprint density at radius 3 is 2.78 bits per heavy atom. The van der Waals surface area contributed by atoms with Crippen molar-refractivity contribution in [2.24, 2.45) is 0 Å². The van der Waals surface area contributed by atoms with Crippen LogP contribution in [0.15, 0.2) is 22.6 Å². The first-order chi connectivity index (χ1) is 10.6. The number of benzene rings is 1. The lowest BCUT2D eigenvalue weighted by molar-refractivity contribution is 0.309. The minimum atomic E-state index is 0. The lowest BCUT2D eigenvalue weighted by Crippen LogP contribution is -2.20. The van der Waals surface area contributed by atoms with Crippen molar-refractivity contribution in [2.45, 2.75) is 26.8 Å². The predicted octanol–water partition coefficient (Wildman–Crippen LogP) is 2.73. The molecule has 0 atom stereocenters. The number of aromatic nitrogens is 2. The van der Waals surface area contributed by atoms with Crippen LogP contribution in [0.3, 0.4) is 0 Å². The number of rotatable bonds is 8. The van der Waals surface area contributed by atoms with Gasteiger partial charge in [-0.3, -0.25) is 0 Å². The first kappa shape index (κ1) is 19.3. The van der Waals surface area contributed by atoms with E-state index in [0.29, 0.717) is 25.1 Å². The molecule has 0 fully saturated rings. The molecule has 1 heterocycles. The van der Waals surface area contributed by atoms with Crippen molar-refractivity contribution >= 4 is 18.4 Å². The van der Waals surface area contributed by atoms with E-state index >= 15 is 0 Å². The molecule has 7 heteroatoms. The van der Waals surface area contributed by atoms with Gasteiger partial charge in [-0.25, -0.2) is 0 Å². The molecule has 0 bridgehead atoms. The molecule has 1 aromatic heterocycles. The van der Waals surface area contributed by atoms with Crippen molar-refractivity contribution in [3.05, 3.63) is 35.2 Å². The maximum Gasteiger partial charge on any atom is 0.317 e. The number of hydrogen-bond acceptors (Lipinski definition) is 6. The molecular formula is C16H25ClN4O2. The topological polar surface area (TPSA) is 63.4 Å². The molecule has 0 saturated heterocycles. The summed E-state index contributed by atoms with van der Waals surface area (Å²) in [5.41, 5.74) is 2.45. The average Bonchev–Trinajstić information content (AvgIpc) is 2.96. The molecule has 2 rings (SSSR count). The molecule has 0 aliphatic heterocycles. The summed E-state index contributed by atoms with van der Waals surface area (Å²) in [5.74, 6) is 1.55. The van der Waals surface area contributed by atoms with E-state index in [1.165, 1.54) is 11.1 Å². The molecule has 0 radical (unpaired) electrons. The molecule has 0 spiro atoms. The van der Waals surface area contributed by atoms with E-state index in [-0.39, 0.29) is 12.4 Å². The minimum absolute atomic E-state index is 0. The van der Waals surface area contributed by atoms with E-state index < -0.39 is 0 Å². The summed E-state index contributed by atoms with van der Waals surface area (Å²) in [4.78, 5) is 1.94. The van der Waals surface area contributed by atoms with Gasteiger partial charge in [0.1, 0.15) is 5.75 Å². The summed E-state index contributed by atoms with van der Waals surface area (Å²) < 4.78 is 11.4. The summed E-state index contributed by atoms with van der Waals surface area (Å²) in [7, 11) is 3.78. The largest absolute Gasteiger partial charge is 0.493 e. The SMILES string of the molecule is CNCc1nnc(N(C)CCCOc2cccc(C)c2C)o1.Cl. The van der Waals surface area contributed by atoms with Crippen molar-refractivity contribution in [2.75, 3.05) is 32.1 Å². The monoisotopic (exact) mass is 340 g/mol. The first-order valence-corrected chi connectivity index (χ1v) is 7.49. The Bertz CT molecular complexity index is 604. The Labute approximate surface area is 143 Å². The van der Waals surface area contributed by atoms with Crippen molar-refractivity contribution in [1.29, 1.82) is 0 Å². The molecule has 0 amide bonds. The van der Waals surface area contributed by atoms with E-state index in [1.807, 2.05) is 31.1 Å². The van der Waals surface area contributed by atoms with Crippen molar-refractivity contribution in [1.82, 2.24) is 15.5 Å². The summed E-state index contributed by atoms with van der Waals surface area (Å²) in [5, 5.41) is 11.0. The van der Waals surface area contributed by atoms with Gasteiger partial charge in [0.25, 0.3) is 0 Å². The molecule has 0 unspecified atom stereocenters. The highest BCUT2D eigenvalue weighted by atomic mass is 35.5. The van der Waals surface area contributed by atoms with Crippen molar-refractivity contribution < 1.29 is 9.15 Å². The Hall–Kier alpha value is -1.79. The summed E-state index contributed by atoms with van der Waals surface area (Å²) in [6.45, 7) is 6.21. The third kappa shape index (κ3) is 5.41. The number of nitrogens with one attached hydrogen (secondary N) is 1. The van der Waals surface area contributed by atoms with Crippen LogP contribution >= 0.6 is 12.4 Å². The Morgan fingerprint density at radius 1 is 1.26 bits per heavy atom. The highest BCUT2D eigenvalue weighted by Crippen LogP contribution is 2.20. The molecule has 128 valence electrons. The first-order valence-electron chi connectivity index (χ1n) is 7.49. The van der Waals surface area contributed by atoms with Gasteiger partial charge in [0.2, 0.25) is 5.89 Å². The second-order valence-electron chi connectivity index (χ2n) is 5.33. The van der Waals surface area contributed by atoms with Gasteiger partial charge in [-0.1, -0.05) is 17.2 Å². The smallest absolute Gasteiger partial charge is 0.317 e. The van der Waals surface area contributed by atoms with Gasteiger partial charge in [0.05, 0.1) is 13.2 Å². The maximum atomic E-state index is 5.84. The van der Waals surface area contributed by atoms with Gasteiger partial charge in [-0.05, 0) is 44.5 Å². The van der Waals surface area contributed by atoms with E-state index in [4.69, 9.17) is 9.15 Å². The van der Waals surface area contributed by atoms with Crippen LogP contribution in [0.4, 0.5) is 6.01 Å². The van der Waals surface area contributed by atoms with Crippen LogP contribution in [0.2, 0.25) is 0 Å². The zero-order valence-corrected chi connectivity index (χ0v) is 14.9. The van der Waals surface area contributed by atoms with Crippen molar-refractivity contribution in [3.63, 3.8) is 0 Å². The molecule has 1 N–H and O–H groups in total. The Morgan fingerprint density at radius 2 is 2.04 bits per heavy atom. The average molecular weight is 341 g/mol. The number of aryl methyl sites for hydroxylation is 1. The molecule has 0 aliphatic carbocycles. The Balaban J connectivity index is 0.00000264. The quantitative estimate of drug-likeness (QED) is 0.745. The zero-order chi connectivity index (χ0) is 15.9. The molecular weight excluding hydrogens is 316 g/mol. The Kier molecular flexibility index (Phi) is 7.85. The van der Waals surface area contributed by atoms with E-state index in [9.17, 15) is 0 Å². The molecule has 0 saturated carbocycles. The van der Waals surface area contributed by atoms with Gasteiger partial charge in [0, 0.05) is 13.6 Å². The zero-order valence-electron chi connectivity index (χ0n) is 14.1. The van der Waals surface area contributed by atoms with Crippen LogP contribution in [0.1, 0.15) is 23.4 Å². The molecule has 23 heavy (non-hydrogen) atoms. The van der Waals surface area contributed by atoms with E-state index in [1.54, 1.807) is 0 Å². The second kappa shape index (κ2) is 9.37. The number of ether oxygens (including phenoxy) is 1. The number of anilines is 1. The van der Waals surface area contributed by atoms with Gasteiger partial charge in [-0.15, -0.1) is 17.5 Å². The molecule has 0 aliphatic rings. The highest BCUT2D eigenvalue weighted by Gasteiger charge is 2.10. The highest BCUT2D eigenvalue weighted by molar-refractivity contribution is 5.85. The fourth-order valence-electron chi connectivity index (χ4n) is 2.08. The lowest BCUT2D eigenvalue weighted by Gasteiger charge is -2.15. The fraction of sp³-hybridized carbons (Fsp3) is 0.500. The standard InChI is InChI=1S/C16H24N4O2.ClH/c1-12-7-5-8-14(13(12)2)21-10-6-9-20(4)16-19-18-15(22-16)11-17-3;/h5,7-8,17H,6,9-11H2,1-4H3;1H. The van der Waals surface area contributed by atoms with Crippen LogP contribution in [-0.4, -0.2) is 37.4 Å². The third-order valence-corrected chi connectivity index (χ3v) is 3.56. The predicted molar refractivity (Wildman–Crippen MR) is 93.6 cm³/mol. The molecule has 2 aromatic rings. The van der Waals surface area contributed by atoms with Gasteiger partial charge < -0.3 is 19.4 Å². The van der Waals surface area contributed by atoms with Gasteiger partial charge in [0.15, 0.2) is 0 Å². The van der Waals surface area contributed by atoms with Crippen LogP contribution < -0.4 is 15.0 Å². The van der Waals surface area contributed by atoms with Crippen LogP contribution in [0.25, 0.3) is 0 Å². The number of halogens is 1. The summed E-state index contributed by atoms with van der Waals surface area (Å²) in [6, 6.07) is 6.66. The van der Waals surface area contributed by atoms with Gasteiger partial charge >= 0.3 is 6.01 Å². The van der Waals surface area contributed by atoms with E-state index in [0.717, 1.165) is 18.7 Å². The maximum absolute atomic E-state index is 5.84. The third-order valence-electron chi connectivity index (χ3n) is 3.56.